The number of imidazole rings is 1. The first kappa shape index (κ1) is 12.4. The Hall–Kier alpha value is -1.08. The summed E-state index contributed by atoms with van der Waals surface area (Å²) < 4.78 is 7.83. The molecule has 0 fully saturated rings. The van der Waals surface area contributed by atoms with Crippen LogP contribution in [0.25, 0.3) is 11.2 Å². The van der Waals surface area contributed by atoms with E-state index < -0.39 is 0 Å². The fourth-order valence-electron chi connectivity index (χ4n) is 1.67. The number of rotatable bonds is 5. The van der Waals surface area contributed by atoms with Crippen LogP contribution in [-0.2, 0) is 6.54 Å². The van der Waals surface area contributed by atoms with E-state index in [1.165, 1.54) is 6.33 Å². The molecule has 0 aliphatic rings. The quantitative estimate of drug-likeness (QED) is 0.667. The van der Waals surface area contributed by atoms with E-state index in [1.54, 1.807) is 7.11 Å². The summed E-state index contributed by atoms with van der Waals surface area (Å²) >= 11 is 7.11. The van der Waals surface area contributed by atoms with Gasteiger partial charge < -0.3 is 14.3 Å². The Morgan fingerprint density at radius 1 is 1.53 bits per heavy atom. The van der Waals surface area contributed by atoms with Gasteiger partial charge in [0, 0.05) is 6.54 Å². The van der Waals surface area contributed by atoms with Gasteiger partial charge in [0.15, 0.2) is 10.4 Å². The second-order valence-electron chi connectivity index (χ2n) is 3.51. The lowest BCUT2D eigenvalue weighted by Gasteiger charge is -2.03. The van der Waals surface area contributed by atoms with Crippen LogP contribution in [0, 0.1) is 4.77 Å². The number of methoxy groups -OCH3 is 1. The second kappa shape index (κ2) is 5.50. The highest BCUT2D eigenvalue weighted by Crippen LogP contribution is 2.20. The molecule has 92 valence electrons. The molecule has 2 aromatic heterocycles. The van der Waals surface area contributed by atoms with Gasteiger partial charge in [-0.25, -0.2) is 4.98 Å². The fourth-order valence-corrected chi connectivity index (χ4v) is 2.37. The molecule has 0 unspecified atom stereocenters. The molecule has 2 heterocycles. The monoisotopic (exact) mass is 270 g/mol. The van der Waals surface area contributed by atoms with Crippen LogP contribution in [0.1, 0.15) is 6.42 Å². The van der Waals surface area contributed by atoms with Crippen molar-refractivity contribution in [2.75, 3.05) is 19.1 Å². The van der Waals surface area contributed by atoms with Crippen molar-refractivity contribution in [3.8, 4) is 5.88 Å². The maximum Gasteiger partial charge on any atom is 0.242 e. The third-order valence-electron chi connectivity index (χ3n) is 2.45. The van der Waals surface area contributed by atoms with E-state index in [9.17, 15) is 0 Å². The predicted octanol–water partition coefficient (Wildman–Crippen LogP) is 2.25. The molecule has 0 aliphatic heterocycles. The summed E-state index contributed by atoms with van der Waals surface area (Å²) in [6.07, 6.45) is 4.66. The number of aromatic amines is 1. The summed E-state index contributed by atoms with van der Waals surface area (Å²) in [6, 6.07) is 0. The Labute approximate surface area is 109 Å². The van der Waals surface area contributed by atoms with Crippen molar-refractivity contribution < 1.29 is 4.74 Å². The van der Waals surface area contributed by atoms with Gasteiger partial charge in [-0.15, -0.1) is 0 Å². The second-order valence-corrected chi connectivity index (χ2v) is 4.88. The van der Waals surface area contributed by atoms with Gasteiger partial charge in [-0.05, 0) is 30.6 Å². The molecule has 0 saturated heterocycles. The van der Waals surface area contributed by atoms with Gasteiger partial charge >= 0.3 is 0 Å². The summed E-state index contributed by atoms with van der Waals surface area (Å²) in [5.74, 6) is 1.64. The van der Waals surface area contributed by atoms with Crippen LogP contribution in [0.2, 0.25) is 0 Å². The smallest absolute Gasteiger partial charge is 0.242 e. The van der Waals surface area contributed by atoms with Gasteiger partial charge in [0.2, 0.25) is 5.88 Å². The summed E-state index contributed by atoms with van der Waals surface area (Å²) in [5, 5.41) is 0. The number of hydrogen-bond donors (Lipinski definition) is 1. The number of thioether (sulfide) groups is 1. The Bertz CT molecular complexity index is 563. The number of nitrogens with zero attached hydrogens (tertiary/aromatic N) is 3. The SMILES string of the molecule is COc1ncnc2c1[nH]c(=S)n2CCCSC. The van der Waals surface area contributed by atoms with Crippen molar-refractivity contribution in [3.63, 3.8) is 0 Å². The number of H-pyrrole nitrogens is 1. The summed E-state index contributed by atoms with van der Waals surface area (Å²) in [7, 11) is 1.59. The van der Waals surface area contributed by atoms with Crippen LogP contribution in [0.3, 0.4) is 0 Å². The minimum absolute atomic E-state index is 0.532. The van der Waals surface area contributed by atoms with Gasteiger partial charge in [0.1, 0.15) is 11.8 Å². The average Bonchev–Trinajstić information content (AvgIpc) is 2.66. The molecule has 0 bridgehead atoms. The van der Waals surface area contributed by atoms with Crippen LogP contribution in [0.15, 0.2) is 6.33 Å². The van der Waals surface area contributed by atoms with Crippen molar-refractivity contribution in [2.24, 2.45) is 0 Å². The summed E-state index contributed by atoms with van der Waals surface area (Å²) in [6.45, 7) is 0.861. The predicted molar refractivity (Wildman–Crippen MR) is 72.3 cm³/mol. The first-order valence-electron chi connectivity index (χ1n) is 5.24. The molecule has 0 radical (unpaired) electrons. The van der Waals surface area contributed by atoms with E-state index in [1.807, 2.05) is 16.3 Å². The third kappa shape index (κ3) is 2.44. The molecule has 0 saturated carbocycles. The van der Waals surface area contributed by atoms with Crippen molar-refractivity contribution >= 4 is 35.1 Å². The number of fused-ring (bicyclic) bond motifs is 1. The molecule has 17 heavy (non-hydrogen) atoms. The molecular weight excluding hydrogens is 256 g/mol. The molecular formula is C10H14N4OS2. The standard InChI is InChI=1S/C10H14N4OS2/c1-15-9-7-8(11-6-12-9)14(10(16)13-7)4-3-5-17-2/h6H,3-5H2,1-2H3,(H,13,16). The highest BCUT2D eigenvalue weighted by Gasteiger charge is 2.10. The molecule has 2 rings (SSSR count). The lowest BCUT2D eigenvalue weighted by molar-refractivity contribution is 0.401. The number of nitrogens with one attached hydrogen (secondary N) is 1. The van der Waals surface area contributed by atoms with E-state index in [4.69, 9.17) is 17.0 Å². The Morgan fingerprint density at radius 2 is 2.35 bits per heavy atom. The third-order valence-corrected chi connectivity index (χ3v) is 3.47. The van der Waals surface area contributed by atoms with Crippen LogP contribution < -0.4 is 4.74 Å². The summed E-state index contributed by atoms with van der Waals surface area (Å²) in [5.41, 5.74) is 1.58. The van der Waals surface area contributed by atoms with E-state index in [0.29, 0.717) is 10.7 Å². The van der Waals surface area contributed by atoms with Crippen LogP contribution >= 0.6 is 24.0 Å². The number of hydrogen-bond acceptors (Lipinski definition) is 5. The van der Waals surface area contributed by atoms with E-state index in [-0.39, 0.29) is 0 Å². The zero-order valence-corrected chi connectivity index (χ0v) is 11.4. The highest BCUT2D eigenvalue weighted by atomic mass is 32.2. The first-order chi connectivity index (χ1) is 8.27. The van der Waals surface area contributed by atoms with Crippen molar-refractivity contribution in [1.82, 2.24) is 19.5 Å². The fraction of sp³-hybridized carbons (Fsp3) is 0.500. The Balaban J connectivity index is 2.42. The minimum Gasteiger partial charge on any atom is -0.479 e. The van der Waals surface area contributed by atoms with Gasteiger partial charge in [-0.1, -0.05) is 0 Å². The first-order valence-corrected chi connectivity index (χ1v) is 7.04. The molecule has 0 aromatic carbocycles. The van der Waals surface area contributed by atoms with Crippen LogP contribution in [-0.4, -0.2) is 38.6 Å². The molecule has 5 nitrogen and oxygen atoms in total. The molecule has 2 aromatic rings. The molecule has 0 aliphatic carbocycles. The van der Waals surface area contributed by atoms with Gasteiger partial charge in [0.05, 0.1) is 7.11 Å². The maximum absolute atomic E-state index is 5.29. The molecule has 7 heteroatoms. The molecule has 1 N–H and O–H groups in total. The lowest BCUT2D eigenvalue weighted by atomic mass is 10.4. The largest absolute Gasteiger partial charge is 0.479 e. The lowest BCUT2D eigenvalue weighted by Crippen LogP contribution is -2.00. The topological polar surface area (TPSA) is 55.7 Å². The van der Waals surface area contributed by atoms with Crippen molar-refractivity contribution in [2.45, 2.75) is 13.0 Å². The van der Waals surface area contributed by atoms with Gasteiger partial charge in [0.25, 0.3) is 0 Å². The van der Waals surface area contributed by atoms with Crippen LogP contribution in [0.4, 0.5) is 0 Å². The maximum atomic E-state index is 5.29. The van der Waals surface area contributed by atoms with Crippen molar-refractivity contribution in [3.05, 3.63) is 11.1 Å². The van der Waals surface area contributed by atoms with E-state index in [0.717, 1.165) is 29.9 Å². The normalized spacial score (nSPS) is 10.9. The van der Waals surface area contributed by atoms with E-state index >= 15 is 0 Å². The molecule has 0 atom stereocenters. The van der Waals surface area contributed by atoms with Gasteiger partial charge in [-0.3, -0.25) is 0 Å². The highest BCUT2D eigenvalue weighted by molar-refractivity contribution is 7.98. The zero-order chi connectivity index (χ0) is 12.3. The molecule has 0 spiro atoms. The number of aryl methyl sites for hydroxylation is 1. The number of aromatic nitrogens is 4. The number of ether oxygens (including phenoxy) is 1. The zero-order valence-electron chi connectivity index (χ0n) is 9.77. The van der Waals surface area contributed by atoms with Crippen LogP contribution in [0.5, 0.6) is 5.88 Å². The average molecular weight is 270 g/mol. The van der Waals surface area contributed by atoms with E-state index in [2.05, 4.69) is 21.2 Å². The Morgan fingerprint density at radius 3 is 3.06 bits per heavy atom. The minimum atomic E-state index is 0.532. The van der Waals surface area contributed by atoms with Gasteiger partial charge in [-0.2, -0.15) is 16.7 Å². The van der Waals surface area contributed by atoms with Crippen molar-refractivity contribution in [1.29, 1.82) is 0 Å². The Kier molecular flexibility index (Phi) is 4.01. The summed E-state index contributed by atoms with van der Waals surface area (Å²) in [4.78, 5) is 11.4. The molecule has 0 amide bonds.